The van der Waals surface area contributed by atoms with Crippen LogP contribution in [0.5, 0.6) is 0 Å². The van der Waals surface area contributed by atoms with Gasteiger partial charge in [-0.2, -0.15) is 0 Å². The SMILES string of the molecule is Cl.F.F.F.F.[Sb]. The second-order valence-electron chi connectivity index (χ2n) is 0. The molecule has 0 aliphatic heterocycles. The van der Waals surface area contributed by atoms with Crippen LogP contribution in [0, 0.1) is 0 Å². The van der Waals surface area contributed by atoms with Gasteiger partial charge in [0, 0.05) is 24.4 Å². The Labute approximate surface area is 56.0 Å². The summed E-state index contributed by atoms with van der Waals surface area (Å²) >= 11 is 0. The van der Waals surface area contributed by atoms with Crippen LogP contribution < -0.4 is 0 Å². The molecule has 0 aromatic rings. The molecule has 0 aromatic carbocycles. The number of hydrogen-bond donors (Lipinski definition) is 0. The molecule has 0 atom stereocenters. The van der Waals surface area contributed by atoms with Gasteiger partial charge in [0.05, 0.1) is 0 Å². The molecule has 0 saturated carbocycles. The molecule has 0 nitrogen and oxygen atoms in total. The molecule has 0 aliphatic carbocycles. The first-order valence-corrected chi connectivity index (χ1v) is 0. The summed E-state index contributed by atoms with van der Waals surface area (Å²) in [5, 5.41) is 0. The Balaban J connectivity index is 0. The first-order chi connectivity index (χ1) is 0. The minimum atomic E-state index is 0. The Morgan fingerprint density at radius 3 is 0.500 bits per heavy atom. The van der Waals surface area contributed by atoms with Crippen molar-refractivity contribution in [3.05, 3.63) is 0 Å². The van der Waals surface area contributed by atoms with E-state index in [4.69, 9.17) is 0 Å². The molecule has 0 aromatic heterocycles. The third kappa shape index (κ3) is 103. The smallest absolute Gasteiger partial charge is 0 e. The maximum Gasteiger partial charge on any atom is 0 e. The van der Waals surface area contributed by atoms with Crippen molar-refractivity contribution in [3.8, 4) is 0 Å². The van der Waals surface area contributed by atoms with E-state index in [9.17, 15) is 0 Å². The van der Waals surface area contributed by atoms with E-state index in [-0.39, 0.29) is 55.7 Å². The molecular formula is H5ClF4Sb. The van der Waals surface area contributed by atoms with Gasteiger partial charge in [-0.05, 0) is 0 Å². The van der Waals surface area contributed by atoms with E-state index in [1.807, 2.05) is 0 Å². The third-order valence-electron chi connectivity index (χ3n) is 0. The molecule has 45 valence electrons. The Morgan fingerprint density at radius 1 is 0.500 bits per heavy atom. The first-order valence-electron chi connectivity index (χ1n) is 0. The topological polar surface area (TPSA) is 0 Å². The largest absolute Gasteiger partial charge is 0.269 e. The van der Waals surface area contributed by atoms with Gasteiger partial charge in [-0.3, -0.25) is 18.8 Å². The molecule has 3 radical (unpaired) electrons. The Morgan fingerprint density at radius 2 is 0.500 bits per heavy atom. The monoisotopic (exact) mass is 237 g/mol. The van der Waals surface area contributed by atoms with Gasteiger partial charge in [0.25, 0.3) is 0 Å². The summed E-state index contributed by atoms with van der Waals surface area (Å²) < 4.78 is 0. The second-order valence-corrected chi connectivity index (χ2v) is 0. The van der Waals surface area contributed by atoms with Crippen LogP contribution in [0.4, 0.5) is 18.8 Å². The molecule has 0 fully saturated rings. The molecule has 0 saturated heterocycles. The van der Waals surface area contributed by atoms with Crippen LogP contribution in [-0.4, -0.2) is 24.4 Å². The molecule has 0 aliphatic rings. The molecule has 6 heteroatoms. The number of hydrogen-bond acceptors (Lipinski definition) is 0. The van der Waals surface area contributed by atoms with E-state index in [2.05, 4.69) is 0 Å². The van der Waals surface area contributed by atoms with Crippen LogP contribution in [-0.2, 0) is 0 Å². The maximum absolute atomic E-state index is 0. The summed E-state index contributed by atoms with van der Waals surface area (Å²) in [6.45, 7) is 0. The van der Waals surface area contributed by atoms with Crippen molar-refractivity contribution >= 4 is 36.8 Å². The normalized spacial score (nSPS) is 0. The summed E-state index contributed by atoms with van der Waals surface area (Å²) in [6.07, 6.45) is 0. The van der Waals surface area contributed by atoms with Crippen molar-refractivity contribution in [2.75, 3.05) is 0 Å². The van der Waals surface area contributed by atoms with Crippen molar-refractivity contribution in [3.63, 3.8) is 0 Å². The third-order valence-corrected chi connectivity index (χ3v) is 0. The summed E-state index contributed by atoms with van der Waals surface area (Å²) in [5.41, 5.74) is 0. The van der Waals surface area contributed by atoms with Gasteiger partial charge in [-0.1, -0.05) is 0 Å². The van der Waals surface area contributed by atoms with Crippen LogP contribution in [0.2, 0.25) is 0 Å². The predicted molar refractivity (Wildman–Crippen MR) is 23.0 cm³/mol. The van der Waals surface area contributed by atoms with Crippen molar-refractivity contribution in [1.29, 1.82) is 0 Å². The summed E-state index contributed by atoms with van der Waals surface area (Å²) in [5.74, 6) is 0. The molecule has 0 N–H and O–H groups in total. The number of rotatable bonds is 0. The zero-order valence-corrected chi connectivity index (χ0v) is 5.86. The summed E-state index contributed by atoms with van der Waals surface area (Å²) in [4.78, 5) is 0. The molecule has 0 unspecified atom stereocenters. The van der Waals surface area contributed by atoms with Crippen LogP contribution in [0.25, 0.3) is 0 Å². The van der Waals surface area contributed by atoms with E-state index in [0.717, 1.165) is 0 Å². The van der Waals surface area contributed by atoms with Crippen LogP contribution in [0.1, 0.15) is 0 Å². The average Bonchev–Trinajstić information content (AvgIpc) is 0. The van der Waals surface area contributed by atoms with Gasteiger partial charge in [0.1, 0.15) is 0 Å². The van der Waals surface area contributed by atoms with Gasteiger partial charge in [-0.15, -0.1) is 12.4 Å². The van der Waals surface area contributed by atoms with Crippen molar-refractivity contribution in [1.82, 2.24) is 0 Å². The summed E-state index contributed by atoms with van der Waals surface area (Å²) in [7, 11) is 0. The minimum Gasteiger partial charge on any atom is -0.269 e. The van der Waals surface area contributed by atoms with Gasteiger partial charge in [0.2, 0.25) is 0 Å². The van der Waals surface area contributed by atoms with Crippen molar-refractivity contribution in [2.45, 2.75) is 0 Å². The standard InChI is InChI=1S/ClH.4FH.Sb/h5*1H;. The quantitative estimate of drug-likeness (QED) is 0.429. The van der Waals surface area contributed by atoms with Gasteiger partial charge in [0.15, 0.2) is 0 Å². The van der Waals surface area contributed by atoms with E-state index in [0.29, 0.717) is 0 Å². The van der Waals surface area contributed by atoms with Crippen LogP contribution in [0.3, 0.4) is 0 Å². The van der Waals surface area contributed by atoms with E-state index >= 15 is 0 Å². The fraction of sp³-hybridized carbons (Fsp3) is 0. The fourth-order valence-corrected chi connectivity index (χ4v) is 0. The molecule has 0 amide bonds. The zero-order valence-electron chi connectivity index (χ0n) is 2.49. The van der Waals surface area contributed by atoms with E-state index in [1.165, 1.54) is 0 Å². The van der Waals surface area contributed by atoms with Crippen LogP contribution >= 0.6 is 12.4 Å². The second kappa shape index (κ2) is 198. The van der Waals surface area contributed by atoms with E-state index in [1.54, 1.807) is 0 Å². The van der Waals surface area contributed by atoms with Gasteiger partial charge < -0.3 is 0 Å². The fourth-order valence-electron chi connectivity index (χ4n) is 0. The Hall–Kier alpha value is 0.828. The van der Waals surface area contributed by atoms with Crippen LogP contribution in [0.15, 0.2) is 0 Å². The van der Waals surface area contributed by atoms with E-state index < -0.39 is 0 Å². The molecule has 0 heterocycles. The zero-order chi connectivity index (χ0) is 0. The number of halogens is 5. The predicted octanol–water partition coefficient (Wildman–Crippen LogP) is 0.651. The maximum atomic E-state index is 0. The van der Waals surface area contributed by atoms with Gasteiger partial charge in [-0.25, -0.2) is 0 Å². The minimum absolute atomic E-state index is 0. The Kier molecular flexibility index (Phi) is 11200. The first kappa shape index (κ1) is 338. The molecule has 0 spiro atoms. The average molecular weight is 238 g/mol. The van der Waals surface area contributed by atoms with Crippen molar-refractivity contribution < 1.29 is 18.8 Å². The molecule has 6 heavy (non-hydrogen) atoms. The van der Waals surface area contributed by atoms with Crippen molar-refractivity contribution in [2.24, 2.45) is 0 Å². The molecule has 0 bridgehead atoms. The Bertz CT molecular complexity index is 7.51. The molecular weight excluding hydrogens is 233 g/mol. The molecule has 0 rings (SSSR count). The van der Waals surface area contributed by atoms with Gasteiger partial charge >= 0.3 is 0 Å². The summed E-state index contributed by atoms with van der Waals surface area (Å²) in [6, 6.07) is 0.